The summed E-state index contributed by atoms with van der Waals surface area (Å²) in [5.74, 6) is 1.40. The molecule has 6 heteroatoms. The van der Waals surface area contributed by atoms with Crippen molar-refractivity contribution in [1.82, 2.24) is 20.1 Å². The zero-order valence-electron chi connectivity index (χ0n) is 13.1. The summed E-state index contributed by atoms with van der Waals surface area (Å²) in [6.45, 7) is 3.62. The molecule has 2 fully saturated rings. The Labute approximate surface area is 135 Å². The fourth-order valence-electron chi connectivity index (χ4n) is 3.55. The zero-order valence-corrected chi connectivity index (χ0v) is 13.1. The largest absolute Gasteiger partial charge is 0.357 e. The third kappa shape index (κ3) is 2.81. The fourth-order valence-corrected chi connectivity index (χ4v) is 3.55. The lowest BCUT2D eigenvalue weighted by atomic mass is 10.1. The first-order valence-corrected chi connectivity index (χ1v) is 8.31. The van der Waals surface area contributed by atoms with Gasteiger partial charge in [0.2, 0.25) is 0 Å². The third-order valence-electron chi connectivity index (χ3n) is 4.86. The number of likely N-dealkylation sites (tertiary alicyclic amines) is 1. The maximum absolute atomic E-state index is 12.8. The Morgan fingerprint density at radius 1 is 1.17 bits per heavy atom. The molecule has 0 bridgehead atoms. The van der Waals surface area contributed by atoms with Gasteiger partial charge in [-0.3, -0.25) is 9.89 Å². The molecule has 1 amide bonds. The van der Waals surface area contributed by atoms with Crippen LogP contribution in [0.25, 0.3) is 0 Å². The number of nitrogens with one attached hydrogen (secondary N) is 1. The molecule has 2 aromatic rings. The maximum atomic E-state index is 12.8. The molecule has 0 spiro atoms. The number of rotatable bonds is 3. The number of amides is 1. The van der Waals surface area contributed by atoms with Crippen LogP contribution >= 0.6 is 0 Å². The summed E-state index contributed by atoms with van der Waals surface area (Å²) in [4.78, 5) is 21.4. The first-order chi connectivity index (χ1) is 11.3. The van der Waals surface area contributed by atoms with E-state index in [9.17, 15) is 4.79 Å². The Morgan fingerprint density at radius 3 is 2.83 bits per heavy atom. The predicted octanol–water partition coefficient (Wildman–Crippen LogP) is 2.03. The van der Waals surface area contributed by atoms with Crippen molar-refractivity contribution in [3.05, 3.63) is 41.9 Å². The van der Waals surface area contributed by atoms with Crippen LogP contribution in [0.3, 0.4) is 0 Å². The Balaban J connectivity index is 1.48. The summed E-state index contributed by atoms with van der Waals surface area (Å²) >= 11 is 0. The lowest BCUT2D eigenvalue weighted by molar-refractivity contribution is 0.0790. The zero-order chi connectivity index (χ0) is 15.6. The van der Waals surface area contributed by atoms with Gasteiger partial charge in [0, 0.05) is 55.7 Å². The van der Waals surface area contributed by atoms with E-state index in [0.717, 1.165) is 49.7 Å². The number of carbonyl (C=O) groups is 1. The van der Waals surface area contributed by atoms with E-state index in [0.29, 0.717) is 5.92 Å². The minimum absolute atomic E-state index is 0.106. The van der Waals surface area contributed by atoms with E-state index in [-0.39, 0.29) is 5.91 Å². The molecule has 0 saturated carbocycles. The summed E-state index contributed by atoms with van der Waals surface area (Å²) in [5.41, 5.74) is 1.86. The van der Waals surface area contributed by atoms with Gasteiger partial charge in [0.25, 0.3) is 5.91 Å². The van der Waals surface area contributed by atoms with Crippen molar-refractivity contribution < 1.29 is 4.79 Å². The van der Waals surface area contributed by atoms with E-state index in [4.69, 9.17) is 0 Å². The van der Waals surface area contributed by atoms with Crippen molar-refractivity contribution in [2.75, 3.05) is 31.1 Å². The summed E-state index contributed by atoms with van der Waals surface area (Å²) in [7, 11) is 0. The number of aromatic nitrogens is 3. The molecule has 6 nitrogen and oxygen atoms in total. The summed E-state index contributed by atoms with van der Waals surface area (Å²) in [5, 5.41) is 7.03. The first-order valence-electron chi connectivity index (χ1n) is 8.31. The molecular formula is C17H21N5O. The van der Waals surface area contributed by atoms with Crippen LogP contribution in [-0.2, 0) is 0 Å². The van der Waals surface area contributed by atoms with Crippen LogP contribution in [0.1, 0.15) is 41.2 Å². The Morgan fingerprint density at radius 2 is 2.04 bits per heavy atom. The van der Waals surface area contributed by atoms with Crippen LogP contribution in [-0.4, -0.2) is 52.2 Å². The average molecular weight is 311 g/mol. The maximum Gasteiger partial charge on any atom is 0.254 e. The van der Waals surface area contributed by atoms with E-state index < -0.39 is 0 Å². The van der Waals surface area contributed by atoms with Crippen molar-refractivity contribution in [3.8, 4) is 0 Å². The molecule has 2 aromatic heterocycles. The highest BCUT2D eigenvalue weighted by Gasteiger charge is 2.29. The van der Waals surface area contributed by atoms with Crippen LogP contribution in [0.5, 0.6) is 0 Å². The Kier molecular flexibility index (Phi) is 3.73. The molecule has 4 rings (SSSR count). The van der Waals surface area contributed by atoms with Crippen molar-refractivity contribution in [2.45, 2.75) is 25.2 Å². The molecule has 0 radical (unpaired) electrons. The minimum Gasteiger partial charge on any atom is -0.357 e. The summed E-state index contributed by atoms with van der Waals surface area (Å²) in [6, 6.07) is 5.76. The third-order valence-corrected chi connectivity index (χ3v) is 4.86. The lowest BCUT2D eigenvalue weighted by Crippen LogP contribution is -2.29. The van der Waals surface area contributed by atoms with Gasteiger partial charge in [-0.1, -0.05) is 0 Å². The second kappa shape index (κ2) is 6.02. The minimum atomic E-state index is 0.106. The molecule has 0 aliphatic carbocycles. The fraction of sp³-hybridized carbons (Fsp3) is 0.471. The summed E-state index contributed by atoms with van der Waals surface area (Å²) in [6.07, 6.45) is 6.92. The highest BCUT2D eigenvalue weighted by molar-refractivity contribution is 5.95. The molecular weight excluding hydrogens is 290 g/mol. The van der Waals surface area contributed by atoms with E-state index in [1.54, 1.807) is 12.4 Å². The molecule has 120 valence electrons. The van der Waals surface area contributed by atoms with Gasteiger partial charge < -0.3 is 9.80 Å². The molecule has 23 heavy (non-hydrogen) atoms. The van der Waals surface area contributed by atoms with E-state index in [2.05, 4.69) is 20.1 Å². The van der Waals surface area contributed by atoms with Gasteiger partial charge in [0.15, 0.2) is 0 Å². The first kappa shape index (κ1) is 14.2. The van der Waals surface area contributed by atoms with Crippen molar-refractivity contribution in [2.24, 2.45) is 0 Å². The quantitative estimate of drug-likeness (QED) is 0.942. The monoisotopic (exact) mass is 311 g/mol. The van der Waals surface area contributed by atoms with Gasteiger partial charge in [-0.2, -0.15) is 5.10 Å². The average Bonchev–Trinajstić information content (AvgIpc) is 3.36. The van der Waals surface area contributed by atoms with Crippen LogP contribution < -0.4 is 4.90 Å². The number of H-pyrrole nitrogens is 1. The van der Waals surface area contributed by atoms with Crippen LogP contribution in [0.15, 0.2) is 30.6 Å². The number of carbonyl (C=O) groups excluding carboxylic acids is 1. The van der Waals surface area contributed by atoms with Gasteiger partial charge in [-0.25, -0.2) is 4.98 Å². The predicted molar refractivity (Wildman–Crippen MR) is 87.5 cm³/mol. The molecule has 4 heterocycles. The van der Waals surface area contributed by atoms with Gasteiger partial charge in [-0.15, -0.1) is 0 Å². The number of aromatic amines is 1. The Bertz CT molecular complexity index is 678. The molecule has 1 unspecified atom stereocenters. The van der Waals surface area contributed by atoms with Crippen LogP contribution in [0.2, 0.25) is 0 Å². The molecule has 2 aliphatic heterocycles. The second-order valence-electron chi connectivity index (χ2n) is 6.35. The molecule has 1 atom stereocenters. The number of hydrogen-bond donors (Lipinski definition) is 1. The molecule has 2 aliphatic rings. The van der Waals surface area contributed by atoms with Gasteiger partial charge >= 0.3 is 0 Å². The van der Waals surface area contributed by atoms with Crippen molar-refractivity contribution in [1.29, 1.82) is 0 Å². The number of pyridine rings is 1. The molecule has 0 aromatic carbocycles. The number of nitrogens with zero attached hydrogens (tertiary/aromatic N) is 4. The van der Waals surface area contributed by atoms with E-state index >= 15 is 0 Å². The second-order valence-corrected chi connectivity index (χ2v) is 6.35. The molecule has 1 N–H and O–H groups in total. The molecule has 2 saturated heterocycles. The van der Waals surface area contributed by atoms with Gasteiger partial charge in [-0.05, 0) is 37.5 Å². The van der Waals surface area contributed by atoms with Crippen molar-refractivity contribution in [3.63, 3.8) is 0 Å². The van der Waals surface area contributed by atoms with Crippen LogP contribution in [0.4, 0.5) is 5.82 Å². The topological polar surface area (TPSA) is 65.1 Å². The summed E-state index contributed by atoms with van der Waals surface area (Å²) < 4.78 is 0. The van der Waals surface area contributed by atoms with E-state index in [1.165, 1.54) is 12.8 Å². The van der Waals surface area contributed by atoms with Gasteiger partial charge in [0.1, 0.15) is 5.82 Å². The Hall–Kier alpha value is -2.37. The normalized spacial score (nSPS) is 21.1. The van der Waals surface area contributed by atoms with Crippen LogP contribution in [0, 0.1) is 0 Å². The van der Waals surface area contributed by atoms with E-state index in [1.807, 2.05) is 23.1 Å². The highest BCUT2D eigenvalue weighted by Crippen LogP contribution is 2.27. The lowest BCUT2D eigenvalue weighted by Gasteiger charge is -2.19. The smallest absolute Gasteiger partial charge is 0.254 e. The number of hydrogen-bond acceptors (Lipinski definition) is 4. The SMILES string of the molecule is O=C(c1ccnc(N2CCCC2)c1)N1CCC(c2ccn[nH]2)C1. The highest BCUT2D eigenvalue weighted by atomic mass is 16.2. The number of anilines is 1. The standard InChI is InChI=1S/C17H21N5O/c23-17(22-10-5-14(12-22)15-4-7-19-20-15)13-3-6-18-16(11-13)21-8-1-2-9-21/h3-4,6-7,11,14H,1-2,5,8-10,12H2,(H,19,20). The van der Waals surface area contributed by atoms with Crippen molar-refractivity contribution >= 4 is 11.7 Å². The van der Waals surface area contributed by atoms with Gasteiger partial charge in [0.05, 0.1) is 0 Å².